The van der Waals surface area contributed by atoms with E-state index in [1.165, 1.54) is 31.4 Å². The van der Waals surface area contributed by atoms with Crippen molar-refractivity contribution in [1.29, 1.82) is 0 Å². The van der Waals surface area contributed by atoms with E-state index in [1.54, 1.807) is 13.0 Å². The second-order valence-electron chi connectivity index (χ2n) is 5.14. The highest BCUT2D eigenvalue weighted by molar-refractivity contribution is 6.01. The van der Waals surface area contributed by atoms with Gasteiger partial charge in [-0.3, -0.25) is 0 Å². The van der Waals surface area contributed by atoms with Crippen LogP contribution >= 0.6 is 0 Å². The molecule has 0 radical (unpaired) electrons. The Morgan fingerprint density at radius 3 is 2.28 bits per heavy atom. The molecule has 132 valence electrons. The van der Waals surface area contributed by atoms with Crippen molar-refractivity contribution in [2.24, 2.45) is 0 Å². The summed E-state index contributed by atoms with van der Waals surface area (Å²) in [6.45, 7) is 1.68. The lowest BCUT2D eigenvalue weighted by atomic mass is 10.1. The number of amides is 2. The summed E-state index contributed by atoms with van der Waals surface area (Å²) in [5.74, 6) is -0.592. The van der Waals surface area contributed by atoms with Crippen molar-refractivity contribution in [1.82, 2.24) is 0 Å². The van der Waals surface area contributed by atoms with Crippen LogP contribution in [0.2, 0.25) is 0 Å². The molecule has 5 nitrogen and oxygen atoms in total. The van der Waals surface area contributed by atoms with Crippen LogP contribution in [0.4, 0.5) is 29.3 Å². The Hall–Kier alpha value is -3.03. The summed E-state index contributed by atoms with van der Waals surface area (Å²) >= 11 is 0. The minimum atomic E-state index is -4.59. The average molecular weight is 352 g/mol. The molecule has 2 aromatic carbocycles. The maximum Gasteiger partial charge on any atom is 0.418 e. The third-order valence-electron chi connectivity index (χ3n) is 3.39. The van der Waals surface area contributed by atoms with Crippen molar-refractivity contribution in [2.75, 3.05) is 17.7 Å². The number of carbonyl (C=O) groups is 2. The fraction of sp³-hybridized carbons (Fsp3) is 0.176. The molecular weight excluding hydrogens is 337 g/mol. The standard InChI is InChI=1S/C17H15F3N2O3/c1-10-7-8-11(15(23)25-2)9-14(10)22-16(24)21-13-6-4-3-5-12(13)17(18,19)20/h3-9H,1-2H3,(H2,21,22,24). The van der Waals surface area contributed by atoms with E-state index in [9.17, 15) is 22.8 Å². The van der Waals surface area contributed by atoms with Crippen molar-refractivity contribution < 1.29 is 27.5 Å². The van der Waals surface area contributed by atoms with Crippen LogP contribution in [0.25, 0.3) is 0 Å². The van der Waals surface area contributed by atoms with E-state index in [2.05, 4.69) is 15.4 Å². The fourth-order valence-electron chi connectivity index (χ4n) is 2.12. The van der Waals surface area contributed by atoms with Crippen molar-refractivity contribution in [3.63, 3.8) is 0 Å². The minimum absolute atomic E-state index is 0.207. The van der Waals surface area contributed by atoms with E-state index in [4.69, 9.17) is 0 Å². The summed E-state index contributed by atoms with van der Waals surface area (Å²) in [4.78, 5) is 23.6. The SMILES string of the molecule is COC(=O)c1ccc(C)c(NC(=O)Nc2ccccc2C(F)(F)F)c1. The molecule has 0 spiro atoms. The van der Waals surface area contributed by atoms with Gasteiger partial charge >= 0.3 is 18.2 Å². The molecule has 2 amide bonds. The number of hydrogen-bond donors (Lipinski definition) is 2. The number of methoxy groups -OCH3 is 1. The highest BCUT2D eigenvalue weighted by atomic mass is 19.4. The predicted molar refractivity (Wildman–Crippen MR) is 86.6 cm³/mol. The molecule has 0 saturated carbocycles. The number of nitrogens with one attached hydrogen (secondary N) is 2. The van der Waals surface area contributed by atoms with Crippen LogP contribution in [0, 0.1) is 6.92 Å². The molecule has 0 saturated heterocycles. The smallest absolute Gasteiger partial charge is 0.418 e. The highest BCUT2D eigenvalue weighted by Crippen LogP contribution is 2.34. The zero-order chi connectivity index (χ0) is 18.6. The molecule has 0 fully saturated rings. The lowest BCUT2D eigenvalue weighted by molar-refractivity contribution is -0.136. The third kappa shape index (κ3) is 4.50. The summed E-state index contributed by atoms with van der Waals surface area (Å²) in [7, 11) is 1.22. The number of benzene rings is 2. The van der Waals surface area contributed by atoms with Crippen LogP contribution in [0.5, 0.6) is 0 Å². The van der Waals surface area contributed by atoms with Crippen molar-refractivity contribution >= 4 is 23.4 Å². The van der Waals surface area contributed by atoms with Crippen LogP contribution < -0.4 is 10.6 Å². The quantitative estimate of drug-likeness (QED) is 0.802. The lowest BCUT2D eigenvalue weighted by Gasteiger charge is -2.15. The third-order valence-corrected chi connectivity index (χ3v) is 3.39. The molecule has 2 aromatic rings. The average Bonchev–Trinajstić information content (AvgIpc) is 2.55. The van der Waals surface area contributed by atoms with E-state index in [-0.39, 0.29) is 16.9 Å². The number of urea groups is 1. The monoisotopic (exact) mass is 352 g/mol. The molecular formula is C17H15F3N2O3. The number of carbonyl (C=O) groups excluding carboxylic acids is 2. The number of rotatable bonds is 3. The minimum Gasteiger partial charge on any atom is -0.465 e. The fourth-order valence-corrected chi connectivity index (χ4v) is 2.12. The largest absolute Gasteiger partial charge is 0.465 e. The van der Waals surface area contributed by atoms with Crippen molar-refractivity contribution in [2.45, 2.75) is 13.1 Å². The Kier molecular flexibility index (Phi) is 5.31. The molecule has 2 N–H and O–H groups in total. The number of anilines is 2. The Morgan fingerprint density at radius 1 is 1.00 bits per heavy atom. The van der Waals surface area contributed by atoms with E-state index < -0.39 is 23.7 Å². The van der Waals surface area contributed by atoms with E-state index >= 15 is 0 Å². The van der Waals surface area contributed by atoms with Crippen LogP contribution in [0.15, 0.2) is 42.5 Å². The Bertz CT molecular complexity index is 804. The molecule has 0 aromatic heterocycles. The number of para-hydroxylation sites is 1. The topological polar surface area (TPSA) is 67.4 Å². The van der Waals surface area contributed by atoms with Gasteiger partial charge in [-0.15, -0.1) is 0 Å². The molecule has 8 heteroatoms. The number of halogens is 3. The normalized spacial score (nSPS) is 10.9. The van der Waals surface area contributed by atoms with E-state index in [0.717, 1.165) is 12.1 Å². The zero-order valence-electron chi connectivity index (χ0n) is 13.4. The van der Waals surface area contributed by atoms with Gasteiger partial charge in [-0.05, 0) is 36.8 Å². The number of alkyl halides is 3. The number of aryl methyl sites for hydroxylation is 1. The second-order valence-corrected chi connectivity index (χ2v) is 5.14. The van der Waals surface area contributed by atoms with Gasteiger partial charge in [0.25, 0.3) is 0 Å². The Morgan fingerprint density at radius 2 is 1.64 bits per heavy atom. The van der Waals surface area contributed by atoms with Gasteiger partial charge in [0.2, 0.25) is 0 Å². The van der Waals surface area contributed by atoms with Crippen LogP contribution in [-0.4, -0.2) is 19.1 Å². The molecule has 0 unspecified atom stereocenters. The zero-order valence-corrected chi connectivity index (χ0v) is 13.4. The van der Waals surface area contributed by atoms with Gasteiger partial charge in [-0.2, -0.15) is 13.2 Å². The number of hydrogen-bond acceptors (Lipinski definition) is 3. The molecule has 2 rings (SSSR count). The summed E-state index contributed by atoms with van der Waals surface area (Å²) in [6.07, 6.45) is -4.59. The van der Waals surface area contributed by atoms with Crippen molar-refractivity contribution in [3.05, 3.63) is 59.2 Å². The van der Waals surface area contributed by atoms with Gasteiger partial charge in [-0.1, -0.05) is 18.2 Å². The number of esters is 1. The highest BCUT2D eigenvalue weighted by Gasteiger charge is 2.33. The molecule has 0 bridgehead atoms. The summed E-state index contributed by atoms with van der Waals surface area (Å²) in [5.41, 5.74) is -0.199. The van der Waals surface area contributed by atoms with Gasteiger partial charge in [0.15, 0.2) is 0 Å². The van der Waals surface area contributed by atoms with Crippen molar-refractivity contribution in [3.8, 4) is 0 Å². The van der Waals surface area contributed by atoms with E-state index in [1.807, 2.05) is 0 Å². The van der Waals surface area contributed by atoms with Gasteiger partial charge in [-0.25, -0.2) is 9.59 Å². The number of ether oxygens (including phenoxy) is 1. The molecule has 0 heterocycles. The molecule has 0 atom stereocenters. The first-order valence-corrected chi connectivity index (χ1v) is 7.15. The molecule has 0 aliphatic rings. The summed E-state index contributed by atoms with van der Waals surface area (Å²) < 4.78 is 43.4. The van der Waals surface area contributed by atoms with Gasteiger partial charge in [0.1, 0.15) is 0 Å². The first-order valence-electron chi connectivity index (χ1n) is 7.15. The van der Waals surface area contributed by atoms with Crippen LogP contribution in [0.1, 0.15) is 21.5 Å². The first-order chi connectivity index (χ1) is 11.7. The molecule has 25 heavy (non-hydrogen) atoms. The Labute approximate surface area is 141 Å². The molecule has 0 aliphatic heterocycles. The van der Waals surface area contributed by atoms with E-state index in [0.29, 0.717) is 5.56 Å². The van der Waals surface area contributed by atoms with Gasteiger partial charge < -0.3 is 15.4 Å². The second kappa shape index (κ2) is 7.25. The van der Waals surface area contributed by atoms with Gasteiger partial charge in [0, 0.05) is 5.69 Å². The summed E-state index contributed by atoms with van der Waals surface area (Å²) in [5, 5.41) is 4.60. The lowest BCUT2D eigenvalue weighted by Crippen LogP contribution is -2.22. The predicted octanol–water partition coefficient (Wildman–Crippen LogP) is 4.44. The summed E-state index contributed by atoms with van der Waals surface area (Å²) in [6, 6.07) is 8.27. The van der Waals surface area contributed by atoms with Crippen LogP contribution in [-0.2, 0) is 10.9 Å². The molecule has 0 aliphatic carbocycles. The maximum atomic E-state index is 12.9. The van der Waals surface area contributed by atoms with Crippen LogP contribution in [0.3, 0.4) is 0 Å². The van der Waals surface area contributed by atoms with Gasteiger partial charge in [0.05, 0.1) is 23.9 Å². The first kappa shape index (κ1) is 18.3. The Balaban J connectivity index is 2.21. The maximum absolute atomic E-state index is 12.9.